The first-order chi connectivity index (χ1) is 8.23. The normalized spacial score (nSPS) is 13.8. The molecular weight excluding hydrogens is 238 g/mol. The molecular formula is C11H21N3O4. The van der Waals surface area contributed by atoms with Crippen molar-refractivity contribution in [3.63, 3.8) is 0 Å². The van der Waals surface area contributed by atoms with Crippen molar-refractivity contribution in [1.82, 2.24) is 10.6 Å². The maximum Gasteiger partial charge on any atom is 0.312 e. The van der Waals surface area contributed by atoms with Gasteiger partial charge in [-0.15, -0.1) is 0 Å². The second kappa shape index (κ2) is 7.52. The van der Waals surface area contributed by atoms with E-state index < -0.39 is 29.9 Å². The highest BCUT2D eigenvalue weighted by molar-refractivity contribution is 5.86. The van der Waals surface area contributed by atoms with Crippen LogP contribution in [0.5, 0.6) is 0 Å². The van der Waals surface area contributed by atoms with Crippen molar-refractivity contribution in [3.8, 4) is 0 Å². The maximum atomic E-state index is 11.8. The summed E-state index contributed by atoms with van der Waals surface area (Å²) in [6, 6.07) is -1.51. The summed E-state index contributed by atoms with van der Waals surface area (Å²) < 4.78 is 0. The van der Waals surface area contributed by atoms with E-state index in [0.29, 0.717) is 6.42 Å². The summed E-state index contributed by atoms with van der Waals surface area (Å²) in [5.74, 6) is -1.89. The monoisotopic (exact) mass is 259 g/mol. The van der Waals surface area contributed by atoms with Gasteiger partial charge in [-0.25, -0.2) is 4.79 Å². The van der Waals surface area contributed by atoms with Gasteiger partial charge in [0.05, 0.1) is 5.92 Å². The number of urea groups is 1. The molecule has 7 heteroatoms. The van der Waals surface area contributed by atoms with Gasteiger partial charge in [0.1, 0.15) is 6.04 Å². The molecule has 0 bridgehead atoms. The molecule has 0 rings (SSSR count). The van der Waals surface area contributed by atoms with Gasteiger partial charge in [-0.2, -0.15) is 0 Å². The minimum atomic E-state index is -0.987. The third-order valence-electron chi connectivity index (χ3n) is 2.34. The van der Waals surface area contributed by atoms with Crippen molar-refractivity contribution in [2.24, 2.45) is 17.6 Å². The molecule has 2 atom stereocenters. The molecule has 0 radical (unpaired) electrons. The molecule has 0 aliphatic heterocycles. The van der Waals surface area contributed by atoms with Crippen molar-refractivity contribution < 1.29 is 19.5 Å². The molecule has 18 heavy (non-hydrogen) atoms. The zero-order chi connectivity index (χ0) is 14.3. The molecule has 0 aromatic carbocycles. The number of nitrogens with two attached hydrogens (primary N) is 1. The van der Waals surface area contributed by atoms with Crippen molar-refractivity contribution in [2.75, 3.05) is 6.54 Å². The van der Waals surface area contributed by atoms with Crippen LogP contribution in [0.15, 0.2) is 0 Å². The maximum absolute atomic E-state index is 11.8. The number of primary amides is 1. The van der Waals surface area contributed by atoms with Crippen molar-refractivity contribution in [3.05, 3.63) is 0 Å². The Bertz CT molecular complexity index is 317. The van der Waals surface area contributed by atoms with Crippen LogP contribution in [-0.4, -0.2) is 35.6 Å². The second-order valence-corrected chi connectivity index (χ2v) is 4.68. The molecule has 3 amide bonds. The Kier molecular flexibility index (Phi) is 6.77. The third kappa shape index (κ3) is 6.72. The van der Waals surface area contributed by atoms with Gasteiger partial charge in [-0.3, -0.25) is 9.59 Å². The standard InChI is InChI=1S/C11H21N3O4/c1-6(2)4-8(14-11(12)18)9(15)13-5-7(3)10(16)17/h6-8H,4-5H2,1-3H3,(H,13,15)(H,16,17)(H3,12,14,18). The fourth-order valence-electron chi connectivity index (χ4n) is 1.34. The number of amides is 3. The fourth-order valence-corrected chi connectivity index (χ4v) is 1.34. The Balaban J connectivity index is 4.37. The fraction of sp³-hybridized carbons (Fsp3) is 0.727. The molecule has 0 aliphatic rings. The SMILES string of the molecule is CC(C)CC(NC(N)=O)C(=O)NCC(C)C(=O)O. The highest BCUT2D eigenvalue weighted by Gasteiger charge is 2.22. The highest BCUT2D eigenvalue weighted by atomic mass is 16.4. The number of carboxylic acid groups (broad SMARTS) is 1. The summed E-state index contributed by atoms with van der Waals surface area (Å²) in [7, 11) is 0. The van der Waals surface area contributed by atoms with Crippen LogP contribution in [0.1, 0.15) is 27.2 Å². The summed E-state index contributed by atoms with van der Waals surface area (Å²) in [5, 5.41) is 13.5. The first-order valence-corrected chi connectivity index (χ1v) is 5.80. The molecule has 7 nitrogen and oxygen atoms in total. The van der Waals surface area contributed by atoms with Crippen LogP contribution in [0.4, 0.5) is 4.79 Å². The van der Waals surface area contributed by atoms with Gasteiger partial charge in [-0.1, -0.05) is 20.8 Å². The third-order valence-corrected chi connectivity index (χ3v) is 2.34. The Hall–Kier alpha value is -1.79. The molecule has 0 aromatic rings. The Morgan fingerprint density at radius 2 is 1.78 bits per heavy atom. The van der Waals surface area contributed by atoms with E-state index in [-0.39, 0.29) is 12.5 Å². The van der Waals surface area contributed by atoms with E-state index in [1.807, 2.05) is 13.8 Å². The average Bonchev–Trinajstić information content (AvgIpc) is 2.22. The first kappa shape index (κ1) is 16.2. The van der Waals surface area contributed by atoms with Gasteiger partial charge < -0.3 is 21.5 Å². The van der Waals surface area contributed by atoms with Gasteiger partial charge in [0.2, 0.25) is 5.91 Å². The first-order valence-electron chi connectivity index (χ1n) is 5.80. The smallest absolute Gasteiger partial charge is 0.312 e. The Labute approximate surface area is 106 Å². The summed E-state index contributed by atoms with van der Waals surface area (Å²) >= 11 is 0. The van der Waals surface area contributed by atoms with E-state index in [0.717, 1.165) is 0 Å². The Morgan fingerprint density at radius 3 is 2.17 bits per heavy atom. The van der Waals surface area contributed by atoms with Crippen LogP contribution in [0.2, 0.25) is 0 Å². The van der Waals surface area contributed by atoms with Crippen LogP contribution < -0.4 is 16.4 Å². The topological polar surface area (TPSA) is 122 Å². The van der Waals surface area contributed by atoms with Gasteiger partial charge in [0.15, 0.2) is 0 Å². The predicted octanol–water partition coefficient (Wildman–Crippen LogP) is -0.0937. The average molecular weight is 259 g/mol. The second-order valence-electron chi connectivity index (χ2n) is 4.68. The van der Waals surface area contributed by atoms with Gasteiger partial charge in [0, 0.05) is 6.54 Å². The van der Waals surface area contributed by atoms with E-state index in [1.165, 1.54) is 6.92 Å². The molecule has 0 saturated heterocycles. The Morgan fingerprint density at radius 1 is 1.22 bits per heavy atom. The molecule has 2 unspecified atom stereocenters. The van der Waals surface area contributed by atoms with Gasteiger partial charge >= 0.3 is 12.0 Å². The lowest BCUT2D eigenvalue weighted by Gasteiger charge is -2.19. The molecule has 5 N–H and O–H groups in total. The minimum absolute atomic E-state index is 0.0171. The van der Waals surface area contributed by atoms with E-state index in [9.17, 15) is 14.4 Å². The molecule has 0 saturated carbocycles. The van der Waals surface area contributed by atoms with Gasteiger partial charge in [-0.05, 0) is 12.3 Å². The number of aliphatic carboxylic acids is 1. The molecule has 0 aliphatic carbocycles. The number of nitrogens with one attached hydrogen (secondary N) is 2. The number of hydrogen-bond acceptors (Lipinski definition) is 3. The summed E-state index contributed by atoms with van der Waals surface area (Å²) in [6.45, 7) is 5.32. The van der Waals surface area contributed by atoms with Crippen molar-refractivity contribution in [1.29, 1.82) is 0 Å². The molecule has 0 spiro atoms. The lowest BCUT2D eigenvalue weighted by Crippen LogP contribution is -2.50. The van der Waals surface area contributed by atoms with Crippen LogP contribution in [0.3, 0.4) is 0 Å². The lowest BCUT2D eigenvalue weighted by atomic mass is 10.0. The number of carboxylic acids is 1. The van der Waals surface area contributed by atoms with Gasteiger partial charge in [0.25, 0.3) is 0 Å². The van der Waals surface area contributed by atoms with Crippen LogP contribution >= 0.6 is 0 Å². The molecule has 0 aromatic heterocycles. The molecule has 0 fully saturated rings. The number of rotatable bonds is 7. The number of carbonyl (C=O) groups is 3. The van der Waals surface area contributed by atoms with E-state index >= 15 is 0 Å². The summed E-state index contributed by atoms with van der Waals surface area (Å²) in [4.78, 5) is 33.1. The van der Waals surface area contributed by atoms with E-state index in [1.54, 1.807) is 0 Å². The highest BCUT2D eigenvalue weighted by Crippen LogP contribution is 2.05. The molecule has 104 valence electrons. The zero-order valence-electron chi connectivity index (χ0n) is 10.9. The van der Waals surface area contributed by atoms with E-state index in [2.05, 4.69) is 10.6 Å². The predicted molar refractivity (Wildman–Crippen MR) is 65.8 cm³/mol. The summed E-state index contributed by atoms with van der Waals surface area (Å²) in [6.07, 6.45) is 0.441. The number of hydrogen-bond donors (Lipinski definition) is 4. The largest absolute Gasteiger partial charge is 0.481 e. The lowest BCUT2D eigenvalue weighted by molar-refractivity contribution is -0.141. The summed E-state index contributed by atoms with van der Waals surface area (Å²) in [5.41, 5.74) is 4.99. The minimum Gasteiger partial charge on any atom is -0.481 e. The van der Waals surface area contributed by atoms with Crippen molar-refractivity contribution in [2.45, 2.75) is 33.2 Å². The molecule has 0 heterocycles. The quantitative estimate of drug-likeness (QED) is 0.510. The van der Waals surface area contributed by atoms with E-state index in [4.69, 9.17) is 10.8 Å². The number of carbonyl (C=O) groups excluding carboxylic acids is 2. The van der Waals surface area contributed by atoms with Crippen LogP contribution in [0, 0.1) is 11.8 Å². The van der Waals surface area contributed by atoms with Crippen LogP contribution in [0.25, 0.3) is 0 Å². The van der Waals surface area contributed by atoms with Crippen LogP contribution in [-0.2, 0) is 9.59 Å². The van der Waals surface area contributed by atoms with Crippen molar-refractivity contribution >= 4 is 17.9 Å². The zero-order valence-corrected chi connectivity index (χ0v) is 10.9.